The highest BCUT2D eigenvalue weighted by Crippen LogP contribution is 2.42. The Labute approximate surface area is 193 Å². The molecule has 0 heterocycles. The molecule has 0 saturated heterocycles. The van der Waals surface area contributed by atoms with Gasteiger partial charge in [-0.15, -0.1) is 0 Å². The van der Waals surface area contributed by atoms with Crippen molar-refractivity contribution in [2.45, 2.75) is 111 Å². The van der Waals surface area contributed by atoms with Crippen LogP contribution < -0.4 is 0 Å². The van der Waals surface area contributed by atoms with Crippen LogP contribution in [0.2, 0.25) is 0 Å². The number of benzene rings is 2. The van der Waals surface area contributed by atoms with Crippen LogP contribution in [-0.4, -0.2) is 13.1 Å². The highest BCUT2D eigenvalue weighted by molar-refractivity contribution is 5.53. The molecular weight excluding hydrogens is 380 g/mol. The Morgan fingerprint density at radius 2 is 0.742 bits per heavy atom. The molecule has 0 bridgehead atoms. The van der Waals surface area contributed by atoms with E-state index in [1.54, 1.807) is 0 Å². The molecule has 0 unspecified atom stereocenters. The lowest BCUT2D eigenvalue weighted by molar-refractivity contribution is 0.422. The molecule has 2 aromatic rings. The maximum Gasteiger partial charge on any atom is 0.293 e. The summed E-state index contributed by atoms with van der Waals surface area (Å²) in [6, 6.07) is 8.78. The number of hydrogen-bond donors (Lipinski definition) is 2. The van der Waals surface area contributed by atoms with E-state index in [1.165, 1.54) is 11.1 Å². The van der Waals surface area contributed by atoms with E-state index in [0.717, 1.165) is 28.7 Å². The van der Waals surface area contributed by atoms with Crippen LogP contribution in [0.3, 0.4) is 0 Å². The number of hydrogen-bond acceptors (Lipinski definition) is 2. The Bertz CT molecular complexity index is 843. The fraction of sp³-hybridized carbons (Fsp3) is 0.586. The molecule has 2 nitrogen and oxygen atoms in total. The van der Waals surface area contributed by atoms with E-state index in [4.69, 9.17) is 13.1 Å². The first-order chi connectivity index (χ1) is 14.8. The summed E-state index contributed by atoms with van der Waals surface area (Å²) in [4.78, 5) is 0. The first-order valence-electron chi connectivity index (χ1n) is 12.2. The summed E-state index contributed by atoms with van der Waals surface area (Å²) in [7, 11) is 0. The van der Waals surface area contributed by atoms with Gasteiger partial charge in [0.2, 0.25) is 0 Å². The van der Waals surface area contributed by atoms with E-state index in [0.29, 0.717) is 11.5 Å². The first-order valence-corrected chi connectivity index (χ1v) is 11.4. The Morgan fingerprint density at radius 3 is 0.903 bits per heavy atom. The average Bonchev–Trinajstić information content (AvgIpc) is 2.63. The molecule has 172 valence electrons. The molecule has 0 amide bonds. The number of aromatic hydroxyl groups is 2. The van der Waals surface area contributed by atoms with Crippen molar-refractivity contribution in [2.75, 3.05) is 0 Å². The van der Waals surface area contributed by atoms with Crippen molar-refractivity contribution >= 4 is 0 Å². The van der Waals surface area contributed by atoms with Crippen molar-refractivity contribution in [3.63, 3.8) is 0 Å². The second-order valence-electron chi connectivity index (χ2n) is 13.2. The summed E-state index contributed by atoms with van der Waals surface area (Å²) in [6.45, 7) is 26.0. The smallest absolute Gasteiger partial charge is 0.293 e. The van der Waals surface area contributed by atoms with Gasteiger partial charge in [0.05, 0.1) is 0 Å². The second-order valence-corrected chi connectivity index (χ2v) is 13.2. The maximum atomic E-state index is 7.78. The van der Waals surface area contributed by atoms with Crippen LogP contribution in [0.25, 0.3) is 0 Å². The van der Waals surface area contributed by atoms with Gasteiger partial charge in [0.25, 0.3) is 2.86 Å². The van der Waals surface area contributed by atoms with Crippen LogP contribution in [0.4, 0.5) is 0 Å². The molecule has 31 heavy (non-hydrogen) atoms. The summed E-state index contributed by atoms with van der Waals surface area (Å²) in [6.07, 6.45) is 0.759. The van der Waals surface area contributed by atoms with Gasteiger partial charge in [-0.25, -0.2) is 0 Å². The molecule has 0 aliphatic rings. The van der Waals surface area contributed by atoms with Crippen molar-refractivity contribution in [3.05, 3.63) is 57.6 Å². The van der Waals surface area contributed by atoms with Gasteiger partial charge >= 0.3 is 0 Å². The van der Waals surface area contributed by atoms with E-state index < -0.39 is 0 Å². The molecule has 0 fully saturated rings. The minimum absolute atomic E-state index is 0.150. The molecule has 2 N–H and O–H groups in total. The molecule has 2 aromatic carbocycles. The Hall–Kier alpha value is -1.96. The van der Waals surface area contributed by atoms with Gasteiger partial charge < -0.3 is 10.2 Å². The van der Waals surface area contributed by atoms with Crippen molar-refractivity contribution in [1.82, 2.24) is 0 Å². The van der Waals surface area contributed by atoms with Crippen molar-refractivity contribution < 1.29 is 10.2 Å². The fourth-order valence-corrected chi connectivity index (χ4v) is 4.05. The van der Waals surface area contributed by atoms with Gasteiger partial charge in [-0.2, -0.15) is 0 Å². The van der Waals surface area contributed by atoms with Crippen LogP contribution >= 0.6 is 0 Å². The highest BCUT2D eigenvalue weighted by Gasteiger charge is 2.28. The summed E-state index contributed by atoms with van der Waals surface area (Å²) < 4.78 is 15.6. The summed E-state index contributed by atoms with van der Waals surface area (Å²) in [5.41, 5.74) is 6.01. The molecule has 0 aliphatic heterocycles. The molecule has 2 rings (SSSR count). The van der Waals surface area contributed by atoms with Gasteiger partial charge in [-0.1, -0.05) is 107 Å². The molecule has 0 aromatic heterocycles. The molecule has 0 aliphatic carbocycles. The number of phenolic OH excluding ortho intramolecular Hbond substituents is 2. The monoisotopic (exact) mass is 426 g/mol. The van der Waals surface area contributed by atoms with Crippen molar-refractivity contribution in [3.8, 4) is 11.5 Å². The van der Waals surface area contributed by atoms with Crippen LogP contribution in [0.5, 0.6) is 11.5 Å². The number of rotatable bonds is 4. The Kier molecular flexibility index (Phi) is 5.65. The minimum Gasteiger partial charge on any atom is -0.507 e. The topological polar surface area (TPSA) is 40.5 Å². The van der Waals surface area contributed by atoms with Gasteiger partial charge in [-0.3, -0.25) is 0 Å². The van der Waals surface area contributed by atoms with E-state index in [-0.39, 0.29) is 21.7 Å². The third-order valence-corrected chi connectivity index (χ3v) is 5.94. The minimum atomic E-state index is -0.150. The first kappa shape index (κ1) is 22.2. The zero-order valence-electron chi connectivity index (χ0n) is 23.8. The van der Waals surface area contributed by atoms with Gasteiger partial charge in [-0.05, 0) is 61.5 Å². The summed E-state index contributed by atoms with van der Waals surface area (Å²) in [5.74, 6) is 1.34. The zero-order valence-corrected chi connectivity index (χ0v) is 21.8. The molecule has 0 spiro atoms. The molecule has 0 saturated carbocycles. The van der Waals surface area contributed by atoms with E-state index in [9.17, 15) is 0 Å². The molecule has 2 heteroatoms. The molecule has 0 atom stereocenters. The third-order valence-electron chi connectivity index (χ3n) is 5.94. The third kappa shape index (κ3) is 5.64. The lowest BCUT2D eigenvalue weighted by Crippen LogP contribution is -2.19. The average molecular weight is 427 g/mol. The predicted molar refractivity (Wildman–Crippen MR) is 134 cm³/mol. The van der Waals surface area contributed by atoms with Gasteiger partial charge in [0.15, 0.2) is 0 Å². The zero-order chi connectivity index (χ0) is 25.6. The normalized spacial score (nSPS) is 14.2. The van der Waals surface area contributed by atoms with E-state index in [2.05, 4.69) is 107 Å². The second kappa shape index (κ2) is 7.87. The quantitative estimate of drug-likeness (QED) is 0.522. The van der Waals surface area contributed by atoms with Crippen LogP contribution in [0.1, 0.15) is 116 Å². The maximum absolute atomic E-state index is 7.78. The SMILES string of the molecule is [2H]Oc1c(C(C)(C)C)cc(Cc2cc(C(C)(C)C)c(O[2H])c(C(C)(C)C)c2)cc1C(C)(C)C. The Morgan fingerprint density at radius 1 is 0.516 bits per heavy atom. The largest absolute Gasteiger partial charge is 0.507 e. The van der Waals surface area contributed by atoms with Gasteiger partial charge in [0.1, 0.15) is 11.5 Å². The van der Waals surface area contributed by atoms with E-state index in [1.807, 2.05) is 0 Å². The lowest BCUT2D eigenvalue weighted by atomic mass is 9.76. The fourth-order valence-electron chi connectivity index (χ4n) is 4.05. The van der Waals surface area contributed by atoms with Gasteiger partial charge in [0, 0.05) is 0 Å². The van der Waals surface area contributed by atoms with Crippen LogP contribution in [0.15, 0.2) is 24.3 Å². The van der Waals surface area contributed by atoms with Crippen LogP contribution in [-0.2, 0) is 28.1 Å². The van der Waals surface area contributed by atoms with E-state index >= 15 is 0 Å². The molecular formula is C29H44O2. The molecule has 0 radical (unpaired) electrons. The Balaban J connectivity index is 2.79. The van der Waals surface area contributed by atoms with Crippen LogP contribution in [0, 0.1) is 0 Å². The summed E-state index contributed by atoms with van der Waals surface area (Å²) >= 11 is 0. The van der Waals surface area contributed by atoms with Crippen molar-refractivity contribution in [1.29, 1.82) is 2.86 Å². The van der Waals surface area contributed by atoms with Crippen molar-refractivity contribution in [2.24, 2.45) is 0 Å². The highest BCUT2D eigenvalue weighted by atomic mass is 16.3. The standard InChI is InChI=1S/C29H44O2/c1-26(2,3)20-14-18(15-21(24(20)30)27(4,5)6)13-19-16-22(28(7,8)9)25(31)23(17-19)29(10,11)12/h14-17,30-31H,13H2,1-12H3/i/hD2. The summed E-state index contributed by atoms with van der Waals surface area (Å²) in [5, 5.41) is 10.4. The lowest BCUT2D eigenvalue weighted by Gasteiger charge is -2.29. The predicted octanol–water partition coefficient (Wildman–Crippen LogP) is 7.88. The number of phenols is 2.